The van der Waals surface area contributed by atoms with Crippen LogP contribution in [0.3, 0.4) is 0 Å². The van der Waals surface area contributed by atoms with E-state index >= 15 is 0 Å². The van der Waals surface area contributed by atoms with Crippen molar-refractivity contribution in [1.29, 1.82) is 0 Å². The lowest BCUT2D eigenvalue weighted by molar-refractivity contribution is 0.115. The molecule has 2 nitrogen and oxygen atoms in total. The molecule has 0 saturated carbocycles. The van der Waals surface area contributed by atoms with Crippen LogP contribution in [0.4, 0.5) is 0 Å². The Morgan fingerprint density at radius 1 is 1.23 bits per heavy atom. The third-order valence-corrected chi connectivity index (χ3v) is 2.17. The topological polar surface area (TPSA) is 35.2 Å². The number of ether oxygens (including phenoxy) is 1. The van der Waals surface area contributed by atoms with Gasteiger partial charge in [0, 0.05) is 12.6 Å². The summed E-state index contributed by atoms with van der Waals surface area (Å²) in [6.45, 7) is 8.17. The van der Waals surface area contributed by atoms with Crippen molar-refractivity contribution in [2.24, 2.45) is 11.7 Å². The largest absolute Gasteiger partial charge is 0.380 e. The number of rotatable bonds is 8. The fraction of sp³-hybridized carbons (Fsp3) is 1.00. The van der Waals surface area contributed by atoms with Crippen molar-refractivity contribution < 1.29 is 4.74 Å². The zero-order chi connectivity index (χ0) is 10.1. The van der Waals surface area contributed by atoms with Crippen molar-refractivity contribution in [2.45, 2.75) is 52.5 Å². The van der Waals surface area contributed by atoms with Gasteiger partial charge in [-0.1, -0.05) is 33.6 Å². The summed E-state index contributed by atoms with van der Waals surface area (Å²) in [4.78, 5) is 0. The molecule has 13 heavy (non-hydrogen) atoms. The van der Waals surface area contributed by atoms with E-state index in [-0.39, 0.29) is 6.04 Å². The molecule has 0 aromatic rings. The summed E-state index contributed by atoms with van der Waals surface area (Å²) in [5.74, 6) is 0.741. The third kappa shape index (κ3) is 8.26. The highest BCUT2D eigenvalue weighted by Gasteiger charge is 2.07. The van der Waals surface area contributed by atoms with E-state index in [0.717, 1.165) is 32.0 Å². The highest BCUT2D eigenvalue weighted by Crippen LogP contribution is 2.11. The Morgan fingerprint density at radius 2 is 1.92 bits per heavy atom. The summed E-state index contributed by atoms with van der Waals surface area (Å²) in [5, 5.41) is 0. The molecule has 80 valence electrons. The normalized spacial score (nSPS) is 15.7. The molecule has 0 spiro atoms. The first-order valence-electron chi connectivity index (χ1n) is 5.54. The van der Waals surface area contributed by atoms with Crippen LogP contribution in [-0.4, -0.2) is 19.3 Å². The van der Waals surface area contributed by atoms with Crippen LogP contribution in [0.1, 0.15) is 46.5 Å². The van der Waals surface area contributed by atoms with E-state index in [2.05, 4.69) is 20.8 Å². The zero-order valence-corrected chi connectivity index (χ0v) is 9.38. The number of hydrogen-bond acceptors (Lipinski definition) is 2. The summed E-state index contributed by atoms with van der Waals surface area (Å²) >= 11 is 0. The lowest BCUT2D eigenvalue weighted by Crippen LogP contribution is -2.28. The molecule has 0 heterocycles. The van der Waals surface area contributed by atoms with E-state index in [4.69, 9.17) is 10.5 Å². The fourth-order valence-electron chi connectivity index (χ4n) is 1.57. The van der Waals surface area contributed by atoms with Crippen molar-refractivity contribution in [1.82, 2.24) is 0 Å². The van der Waals surface area contributed by atoms with Crippen molar-refractivity contribution in [3.8, 4) is 0 Å². The maximum Gasteiger partial charge on any atom is 0.0617 e. The minimum Gasteiger partial charge on any atom is -0.380 e. The van der Waals surface area contributed by atoms with Gasteiger partial charge in [0.25, 0.3) is 0 Å². The van der Waals surface area contributed by atoms with Gasteiger partial charge in [0.1, 0.15) is 0 Å². The molecule has 0 aliphatic rings. The van der Waals surface area contributed by atoms with Gasteiger partial charge in [0.05, 0.1) is 6.61 Å². The predicted octanol–water partition coefficient (Wildman–Crippen LogP) is 2.57. The first-order valence-corrected chi connectivity index (χ1v) is 5.54. The molecule has 0 fully saturated rings. The second-order valence-electron chi connectivity index (χ2n) is 3.96. The molecule has 0 amide bonds. The third-order valence-electron chi connectivity index (χ3n) is 2.17. The molecule has 2 unspecified atom stereocenters. The van der Waals surface area contributed by atoms with Crippen LogP contribution in [0.25, 0.3) is 0 Å². The highest BCUT2D eigenvalue weighted by atomic mass is 16.5. The van der Waals surface area contributed by atoms with Crippen LogP contribution in [0.5, 0.6) is 0 Å². The van der Waals surface area contributed by atoms with Crippen molar-refractivity contribution >= 4 is 0 Å². The van der Waals surface area contributed by atoms with Gasteiger partial charge in [0.15, 0.2) is 0 Å². The van der Waals surface area contributed by atoms with E-state index in [1.165, 1.54) is 12.8 Å². The number of hydrogen-bond donors (Lipinski definition) is 1. The van der Waals surface area contributed by atoms with Gasteiger partial charge in [-0.15, -0.1) is 0 Å². The van der Waals surface area contributed by atoms with Crippen LogP contribution in [0, 0.1) is 5.92 Å². The Hall–Kier alpha value is -0.0800. The molecule has 2 heteroatoms. The Morgan fingerprint density at radius 3 is 2.46 bits per heavy atom. The van der Waals surface area contributed by atoms with Gasteiger partial charge in [-0.05, 0) is 18.8 Å². The maximum absolute atomic E-state index is 5.92. The van der Waals surface area contributed by atoms with Crippen molar-refractivity contribution in [3.05, 3.63) is 0 Å². The Labute approximate surface area is 82.8 Å². The molecule has 0 aromatic heterocycles. The smallest absolute Gasteiger partial charge is 0.0617 e. The van der Waals surface area contributed by atoms with E-state index < -0.39 is 0 Å². The second-order valence-corrected chi connectivity index (χ2v) is 3.96. The average molecular weight is 187 g/mol. The van der Waals surface area contributed by atoms with Crippen molar-refractivity contribution in [2.75, 3.05) is 13.2 Å². The summed E-state index contributed by atoms with van der Waals surface area (Å²) in [6, 6.07) is 0.230. The Bertz CT molecular complexity index is 106. The van der Waals surface area contributed by atoms with Crippen LogP contribution in [-0.2, 0) is 4.74 Å². The van der Waals surface area contributed by atoms with E-state index in [1.54, 1.807) is 0 Å². The second kappa shape index (κ2) is 8.52. The van der Waals surface area contributed by atoms with Gasteiger partial charge in [0.2, 0.25) is 0 Å². The molecule has 0 aromatic carbocycles. The molecule has 0 aliphatic heterocycles. The molecule has 2 atom stereocenters. The predicted molar refractivity (Wildman–Crippen MR) is 57.8 cm³/mol. The van der Waals surface area contributed by atoms with E-state index in [1.807, 2.05) is 0 Å². The molecular weight excluding hydrogens is 162 g/mol. The van der Waals surface area contributed by atoms with Crippen molar-refractivity contribution in [3.63, 3.8) is 0 Å². The quantitative estimate of drug-likeness (QED) is 0.593. The average Bonchev–Trinajstić information content (AvgIpc) is 2.05. The van der Waals surface area contributed by atoms with E-state index in [0.29, 0.717) is 0 Å². The minimum atomic E-state index is 0.230. The van der Waals surface area contributed by atoms with Crippen LogP contribution < -0.4 is 5.73 Å². The van der Waals surface area contributed by atoms with E-state index in [9.17, 15) is 0 Å². The fourth-order valence-corrected chi connectivity index (χ4v) is 1.57. The molecule has 0 rings (SSSR count). The Balaban J connectivity index is 3.32. The molecular formula is C11H25NO. The van der Waals surface area contributed by atoms with Gasteiger partial charge >= 0.3 is 0 Å². The summed E-state index contributed by atoms with van der Waals surface area (Å²) in [6.07, 6.45) is 4.71. The lowest BCUT2D eigenvalue weighted by Gasteiger charge is -2.16. The summed E-state index contributed by atoms with van der Waals surface area (Å²) in [5.41, 5.74) is 5.92. The van der Waals surface area contributed by atoms with Crippen LogP contribution in [0.2, 0.25) is 0 Å². The number of nitrogens with two attached hydrogens (primary N) is 1. The SMILES string of the molecule is CCCOCC(N)CC(C)CCC. The van der Waals surface area contributed by atoms with Gasteiger partial charge in [-0.3, -0.25) is 0 Å². The van der Waals surface area contributed by atoms with Gasteiger partial charge < -0.3 is 10.5 Å². The standard InChI is InChI=1S/C11H25NO/c1-4-6-10(3)8-11(12)9-13-7-5-2/h10-11H,4-9,12H2,1-3H3. The molecule has 0 saturated heterocycles. The maximum atomic E-state index is 5.92. The molecule has 0 radical (unpaired) electrons. The summed E-state index contributed by atoms with van der Waals surface area (Å²) in [7, 11) is 0. The Kier molecular flexibility index (Phi) is 8.46. The summed E-state index contributed by atoms with van der Waals surface area (Å²) < 4.78 is 5.40. The minimum absolute atomic E-state index is 0.230. The highest BCUT2D eigenvalue weighted by molar-refractivity contribution is 4.64. The molecule has 0 bridgehead atoms. The lowest BCUT2D eigenvalue weighted by atomic mass is 9.98. The van der Waals surface area contributed by atoms with Gasteiger partial charge in [-0.25, -0.2) is 0 Å². The van der Waals surface area contributed by atoms with Crippen LogP contribution >= 0.6 is 0 Å². The molecule has 2 N–H and O–H groups in total. The van der Waals surface area contributed by atoms with Gasteiger partial charge in [-0.2, -0.15) is 0 Å². The first-order chi connectivity index (χ1) is 6.20. The first kappa shape index (κ1) is 12.9. The monoisotopic (exact) mass is 187 g/mol. The molecule has 0 aliphatic carbocycles. The van der Waals surface area contributed by atoms with Crippen LogP contribution in [0.15, 0.2) is 0 Å². The zero-order valence-electron chi connectivity index (χ0n) is 9.38.